The van der Waals surface area contributed by atoms with Crippen LogP contribution in [0, 0.1) is 5.82 Å². The van der Waals surface area contributed by atoms with E-state index in [-0.39, 0.29) is 16.3 Å². The topological polar surface area (TPSA) is 68.0 Å². The summed E-state index contributed by atoms with van der Waals surface area (Å²) in [6.07, 6.45) is 0. The van der Waals surface area contributed by atoms with E-state index in [4.69, 9.17) is 16.7 Å². The van der Waals surface area contributed by atoms with Gasteiger partial charge in [-0.15, -0.1) is 5.10 Å². The number of fused-ring (bicyclic) bond motifs is 1. The second-order valence-corrected chi connectivity index (χ2v) is 4.54. The van der Waals surface area contributed by atoms with E-state index in [1.54, 1.807) is 6.07 Å². The van der Waals surface area contributed by atoms with E-state index in [1.165, 1.54) is 35.0 Å². The first-order valence-corrected chi connectivity index (χ1v) is 5.98. The summed E-state index contributed by atoms with van der Waals surface area (Å²) < 4.78 is 15.2. The van der Waals surface area contributed by atoms with Gasteiger partial charge in [0.2, 0.25) is 0 Å². The number of aromatic carboxylic acids is 1. The van der Waals surface area contributed by atoms with Crippen LogP contribution >= 0.6 is 11.6 Å². The van der Waals surface area contributed by atoms with Crippen molar-refractivity contribution in [3.05, 3.63) is 52.8 Å². The maximum absolute atomic E-state index is 13.9. The fourth-order valence-corrected chi connectivity index (χ4v) is 2.05. The molecule has 0 saturated carbocycles. The van der Waals surface area contributed by atoms with Crippen LogP contribution in [0.4, 0.5) is 4.39 Å². The van der Waals surface area contributed by atoms with Gasteiger partial charge in [0.25, 0.3) is 0 Å². The lowest BCUT2D eigenvalue weighted by Crippen LogP contribution is -2.00. The highest BCUT2D eigenvalue weighted by Gasteiger charge is 2.13. The quantitative estimate of drug-likeness (QED) is 0.788. The number of carboxylic acids is 1. The van der Waals surface area contributed by atoms with Crippen LogP contribution in [0.25, 0.3) is 16.7 Å². The Morgan fingerprint density at radius 3 is 2.75 bits per heavy atom. The molecule has 2 aromatic carbocycles. The van der Waals surface area contributed by atoms with Crippen LogP contribution in [0.5, 0.6) is 0 Å². The Labute approximate surface area is 117 Å². The van der Waals surface area contributed by atoms with E-state index >= 15 is 0 Å². The molecule has 1 N–H and O–H groups in total. The first-order chi connectivity index (χ1) is 9.56. The van der Waals surface area contributed by atoms with Crippen LogP contribution < -0.4 is 0 Å². The van der Waals surface area contributed by atoms with E-state index in [0.29, 0.717) is 11.0 Å². The average molecular weight is 292 g/mol. The van der Waals surface area contributed by atoms with Gasteiger partial charge in [-0.05, 0) is 36.4 Å². The highest BCUT2D eigenvalue weighted by Crippen LogP contribution is 2.22. The van der Waals surface area contributed by atoms with Crippen molar-refractivity contribution >= 4 is 28.6 Å². The number of hydrogen-bond acceptors (Lipinski definition) is 3. The Hall–Kier alpha value is -2.47. The molecule has 0 saturated heterocycles. The molecule has 0 unspecified atom stereocenters. The molecule has 3 aromatic rings. The van der Waals surface area contributed by atoms with Crippen molar-refractivity contribution in [2.45, 2.75) is 0 Å². The van der Waals surface area contributed by atoms with Gasteiger partial charge >= 0.3 is 5.97 Å². The second kappa shape index (κ2) is 4.57. The van der Waals surface area contributed by atoms with Gasteiger partial charge in [0.15, 0.2) is 0 Å². The molecule has 100 valence electrons. The molecule has 7 heteroatoms. The first kappa shape index (κ1) is 12.6. The van der Waals surface area contributed by atoms with Crippen molar-refractivity contribution in [2.75, 3.05) is 0 Å². The molecule has 0 aliphatic rings. The lowest BCUT2D eigenvalue weighted by Gasteiger charge is -2.04. The number of rotatable bonds is 2. The number of benzene rings is 2. The fourth-order valence-electron chi connectivity index (χ4n) is 1.89. The van der Waals surface area contributed by atoms with Crippen LogP contribution in [0.2, 0.25) is 5.02 Å². The summed E-state index contributed by atoms with van der Waals surface area (Å²) in [4.78, 5) is 10.9. The number of carbonyl (C=O) groups is 1. The SMILES string of the molecule is O=C(O)c1ccc2c(c1)nnn2-c1ccc(Cl)cc1F. The third-order valence-corrected chi connectivity index (χ3v) is 3.07. The molecule has 20 heavy (non-hydrogen) atoms. The Kier molecular flexibility index (Phi) is 2.87. The molecule has 3 rings (SSSR count). The summed E-state index contributed by atoms with van der Waals surface area (Å²) in [6.45, 7) is 0. The largest absolute Gasteiger partial charge is 0.478 e. The minimum absolute atomic E-state index is 0.0983. The van der Waals surface area contributed by atoms with Gasteiger partial charge in [-0.3, -0.25) is 0 Å². The maximum Gasteiger partial charge on any atom is 0.335 e. The van der Waals surface area contributed by atoms with Crippen molar-refractivity contribution < 1.29 is 14.3 Å². The van der Waals surface area contributed by atoms with E-state index in [2.05, 4.69) is 10.3 Å². The van der Waals surface area contributed by atoms with Gasteiger partial charge in [-0.2, -0.15) is 0 Å². The highest BCUT2D eigenvalue weighted by atomic mass is 35.5. The number of carboxylic acid groups (broad SMARTS) is 1. The van der Waals surface area contributed by atoms with Gasteiger partial charge in [0, 0.05) is 5.02 Å². The molecule has 0 amide bonds. The van der Waals surface area contributed by atoms with Crippen LogP contribution in [0.15, 0.2) is 36.4 Å². The highest BCUT2D eigenvalue weighted by molar-refractivity contribution is 6.30. The minimum atomic E-state index is -1.06. The van der Waals surface area contributed by atoms with Crippen molar-refractivity contribution in [1.29, 1.82) is 0 Å². The van der Waals surface area contributed by atoms with Gasteiger partial charge in [0.1, 0.15) is 17.0 Å². The molecule has 0 atom stereocenters. The van der Waals surface area contributed by atoms with Gasteiger partial charge in [-0.1, -0.05) is 16.8 Å². The second-order valence-electron chi connectivity index (χ2n) is 4.11. The molecule has 0 aliphatic heterocycles. The monoisotopic (exact) mass is 291 g/mol. The summed E-state index contributed by atoms with van der Waals surface area (Å²) in [5, 5.41) is 16.9. The van der Waals surface area contributed by atoms with E-state index in [0.717, 1.165) is 0 Å². The maximum atomic E-state index is 13.9. The lowest BCUT2D eigenvalue weighted by atomic mass is 10.2. The molecule has 0 radical (unpaired) electrons. The summed E-state index contributed by atoms with van der Waals surface area (Å²) in [5.41, 5.74) is 1.18. The minimum Gasteiger partial charge on any atom is -0.478 e. The standard InChI is InChI=1S/C13H7ClFN3O2/c14-8-2-4-11(9(15)6-8)18-12-3-1-7(13(19)20)5-10(12)16-17-18/h1-6H,(H,19,20). The Morgan fingerprint density at radius 2 is 2.05 bits per heavy atom. The zero-order valence-corrected chi connectivity index (χ0v) is 10.7. The van der Waals surface area contributed by atoms with E-state index in [1.807, 2.05) is 0 Å². The average Bonchev–Trinajstić information content (AvgIpc) is 2.81. The van der Waals surface area contributed by atoms with E-state index < -0.39 is 11.8 Å². The Bertz CT molecular complexity index is 832. The third kappa shape index (κ3) is 2.00. The molecular formula is C13H7ClFN3O2. The van der Waals surface area contributed by atoms with E-state index in [9.17, 15) is 9.18 Å². The van der Waals surface area contributed by atoms with Crippen LogP contribution in [0.3, 0.4) is 0 Å². The zero-order chi connectivity index (χ0) is 14.3. The predicted molar refractivity (Wildman–Crippen MR) is 70.8 cm³/mol. The van der Waals surface area contributed by atoms with Crippen molar-refractivity contribution in [1.82, 2.24) is 15.0 Å². The summed E-state index contributed by atoms with van der Waals surface area (Å²) in [7, 11) is 0. The summed E-state index contributed by atoms with van der Waals surface area (Å²) in [6, 6.07) is 8.53. The van der Waals surface area contributed by atoms with Crippen molar-refractivity contribution in [3.63, 3.8) is 0 Å². The number of aromatic nitrogens is 3. The van der Waals surface area contributed by atoms with Crippen LogP contribution in [0.1, 0.15) is 10.4 Å². The fraction of sp³-hybridized carbons (Fsp3) is 0. The summed E-state index contributed by atoms with van der Waals surface area (Å²) in [5.74, 6) is -1.59. The molecule has 1 aromatic heterocycles. The molecular weight excluding hydrogens is 285 g/mol. The molecule has 0 fully saturated rings. The normalized spacial score (nSPS) is 10.9. The lowest BCUT2D eigenvalue weighted by molar-refractivity contribution is 0.0697. The van der Waals surface area contributed by atoms with Gasteiger partial charge in [-0.25, -0.2) is 13.9 Å². The Balaban J connectivity index is 2.20. The molecule has 0 spiro atoms. The van der Waals surface area contributed by atoms with Crippen molar-refractivity contribution in [2.24, 2.45) is 0 Å². The number of hydrogen-bond donors (Lipinski definition) is 1. The smallest absolute Gasteiger partial charge is 0.335 e. The van der Waals surface area contributed by atoms with Crippen molar-refractivity contribution in [3.8, 4) is 5.69 Å². The number of halogens is 2. The Morgan fingerprint density at radius 1 is 1.25 bits per heavy atom. The molecule has 0 aliphatic carbocycles. The molecule has 0 bridgehead atoms. The molecule has 5 nitrogen and oxygen atoms in total. The van der Waals surface area contributed by atoms with Crippen LogP contribution in [-0.4, -0.2) is 26.1 Å². The zero-order valence-electron chi connectivity index (χ0n) is 9.92. The van der Waals surface area contributed by atoms with Gasteiger partial charge < -0.3 is 5.11 Å². The predicted octanol–water partition coefficient (Wildman–Crippen LogP) is 2.91. The molecule has 1 heterocycles. The number of nitrogens with zero attached hydrogens (tertiary/aromatic N) is 3. The first-order valence-electron chi connectivity index (χ1n) is 5.60. The van der Waals surface area contributed by atoms with Crippen LogP contribution in [-0.2, 0) is 0 Å². The van der Waals surface area contributed by atoms with Gasteiger partial charge in [0.05, 0.1) is 11.1 Å². The third-order valence-electron chi connectivity index (χ3n) is 2.83. The summed E-state index contributed by atoms with van der Waals surface area (Å²) >= 11 is 5.70.